The minimum absolute atomic E-state index is 0.208. The van der Waals surface area contributed by atoms with Crippen LogP contribution in [0.5, 0.6) is 0 Å². The number of nitrogens with two attached hydrogens (primary N) is 1. The molecule has 2 amide bonds. The van der Waals surface area contributed by atoms with Gasteiger partial charge in [0.25, 0.3) is 5.91 Å². The average Bonchev–Trinajstić information content (AvgIpc) is 2.75. The zero-order chi connectivity index (χ0) is 16.0. The Hall–Kier alpha value is -2.35. The largest absolute Gasteiger partial charge is 0.465 e. The molecular formula is C13H19N3O5. The van der Waals surface area contributed by atoms with Crippen molar-refractivity contribution in [1.29, 1.82) is 0 Å². The molecule has 0 fully saturated rings. The Morgan fingerprint density at radius 2 is 2.00 bits per heavy atom. The fourth-order valence-corrected chi connectivity index (χ4v) is 1.97. The third-order valence-corrected chi connectivity index (χ3v) is 2.79. The minimum Gasteiger partial charge on any atom is -0.465 e. The molecule has 1 rings (SSSR count). The molecule has 1 heterocycles. The predicted octanol–water partition coefficient (Wildman–Crippen LogP) is 0.209. The van der Waals surface area contributed by atoms with Gasteiger partial charge in [-0.1, -0.05) is 13.3 Å². The molecule has 0 aliphatic rings. The number of aryl methyl sites for hydroxylation is 1. The highest BCUT2D eigenvalue weighted by Crippen LogP contribution is 2.21. The van der Waals surface area contributed by atoms with E-state index in [9.17, 15) is 14.4 Å². The second-order valence-corrected chi connectivity index (χ2v) is 4.41. The highest BCUT2D eigenvalue weighted by atomic mass is 16.7. The van der Waals surface area contributed by atoms with Gasteiger partial charge in [-0.15, -0.1) is 0 Å². The first-order chi connectivity index (χ1) is 9.92. The number of primary amides is 1. The number of amides is 2. The smallest absolute Gasteiger partial charge is 0.339 e. The summed E-state index contributed by atoms with van der Waals surface area (Å²) in [6, 6.07) is 0. The molecule has 21 heavy (non-hydrogen) atoms. The van der Waals surface area contributed by atoms with Crippen LogP contribution in [0.4, 0.5) is 0 Å². The van der Waals surface area contributed by atoms with Crippen molar-refractivity contribution in [2.24, 2.45) is 5.73 Å². The third kappa shape index (κ3) is 4.06. The summed E-state index contributed by atoms with van der Waals surface area (Å²) < 4.78 is 4.73. The number of hydrogen-bond acceptors (Lipinski definition) is 5. The maximum absolute atomic E-state index is 12.0. The van der Waals surface area contributed by atoms with Crippen molar-refractivity contribution >= 4 is 17.8 Å². The van der Waals surface area contributed by atoms with Crippen LogP contribution in [0.1, 0.15) is 45.4 Å². The number of ether oxygens (including phenoxy) is 1. The third-order valence-electron chi connectivity index (χ3n) is 2.79. The molecule has 4 N–H and O–H groups in total. The van der Waals surface area contributed by atoms with E-state index in [1.807, 2.05) is 6.92 Å². The summed E-state index contributed by atoms with van der Waals surface area (Å²) >= 11 is 0. The molecule has 116 valence electrons. The Morgan fingerprint density at radius 3 is 2.52 bits per heavy atom. The van der Waals surface area contributed by atoms with Gasteiger partial charge in [0.1, 0.15) is 5.69 Å². The first kappa shape index (κ1) is 16.7. The molecule has 0 aliphatic heterocycles. The van der Waals surface area contributed by atoms with Crippen LogP contribution in [0.2, 0.25) is 0 Å². The van der Waals surface area contributed by atoms with Gasteiger partial charge in [-0.05, 0) is 18.9 Å². The molecule has 0 bridgehead atoms. The van der Waals surface area contributed by atoms with Crippen molar-refractivity contribution in [3.63, 3.8) is 0 Å². The Labute approximate surface area is 121 Å². The van der Waals surface area contributed by atoms with Gasteiger partial charge in [0.15, 0.2) is 6.61 Å². The summed E-state index contributed by atoms with van der Waals surface area (Å²) in [7, 11) is 1.28. The highest BCUT2D eigenvalue weighted by Gasteiger charge is 2.24. The number of hydrogen-bond donors (Lipinski definition) is 3. The van der Waals surface area contributed by atoms with Crippen LogP contribution in [0, 0.1) is 6.92 Å². The van der Waals surface area contributed by atoms with E-state index >= 15 is 0 Å². The minimum atomic E-state index is -0.706. The summed E-state index contributed by atoms with van der Waals surface area (Å²) in [5.41, 5.74) is 8.64. The van der Waals surface area contributed by atoms with Gasteiger partial charge in [0.05, 0.1) is 12.7 Å². The van der Waals surface area contributed by atoms with Crippen LogP contribution >= 0.6 is 0 Å². The quantitative estimate of drug-likeness (QED) is 0.490. The molecule has 0 aliphatic carbocycles. The molecule has 0 atom stereocenters. The number of methoxy groups -OCH3 is 1. The van der Waals surface area contributed by atoms with Crippen LogP contribution in [0.15, 0.2) is 0 Å². The number of H-pyrrole nitrogens is 1. The van der Waals surface area contributed by atoms with Gasteiger partial charge in [0, 0.05) is 5.69 Å². The Balaban J connectivity index is 3.03. The lowest BCUT2D eigenvalue weighted by Gasteiger charge is -2.06. The summed E-state index contributed by atoms with van der Waals surface area (Å²) in [5.74, 6) is -1.80. The van der Waals surface area contributed by atoms with Crippen LogP contribution in [0.3, 0.4) is 0 Å². The van der Waals surface area contributed by atoms with Crippen LogP contribution in [0.25, 0.3) is 0 Å². The molecule has 0 spiro atoms. The molecule has 0 unspecified atom stereocenters. The number of nitrogens with one attached hydrogen (secondary N) is 2. The monoisotopic (exact) mass is 297 g/mol. The topological polar surface area (TPSA) is 124 Å². The molecular weight excluding hydrogens is 278 g/mol. The zero-order valence-electron chi connectivity index (χ0n) is 12.2. The maximum atomic E-state index is 12.0. The first-order valence-electron chi connectivity index (χ1n) is 6.42. The fourth-order valence-electron chi connectivity index (χ4n) is 1.97. The van der Waals surface area contributed by atoms with Gasteiger partial charge in [-0.25, -0.2) is 10.3 Å². The van der Waals surface area contributed by atoms with Crippen LogP contribution in [-0.4, -0.2) is 36.5 Å². The summed E-state index contributed by atoms with van der Waals surface area (Å²) in [4.78, 5) is 41.9. The summed E-state index contributed by atoms with van der Waals surface area (Å²) in [6.07, 6.45) is 1.26. The fraction of sp³-hybridized carbons (Fsp3) is 0.462. The van der Waals surface area contributed by atoms with E-state index in [-0.39, 0.29) is 5.69 Å². The van der Waals surface area contributed by atoms with Gasteiger partial charge in [-0.2, -0.15) is 0 Å². The average molecular weight is 297 g/mol. The van der Waals surface area contributed by atoms with Crippen molar-refractivity contribution in [2.45, 2.75) is 26.7 Å². The van der Waals surface area contributed by atoms with Crippen molar-refractivity contribution in [2.75, 3.05) is 13.7 Å². The predicted molar refractivity (Wildman–Crippen MR) is 73.5 cm³/mol. The number of carbonyl (C=O) groups excluding carboxylic acids is 3. The number of aromatic amines is 1. The second kappa shape index (κ2) is 7.44. The van der Waals surface area contributed by atoms with Gasteiger partial charge < -0.3 is 15.5 Å². The molecule has 1 aromatic rings. The lowest BCUT2D eigenvalue weighted by Crippen LogP contribution is -2.30. The lowest BCUT2D eigenvalue weighted by atomic mass is 10.0. The molecule has 0 saturated heterocycles. The highest BCUT2D eigenvalue weighted by molar-refractivity contribution is 6.00. The SMILES string of the molecule is CCCc1c(C(=O)NOCC(N)=O)[nH]c(C)c1C(=O)OC. The van der Waals surface area contributed by atoms with E-state index in [1.165, 1.54) is 7.11 Å². The van der Waals surface area contributed by atoms with Crippen LogP contribution in [-0.2, 0) is 20.8 Å². The van der Waals surface area contributed by atoms with E-state index in [1.54, 1.807) is 6.92 Å². The lowest BCUT2D eigenvalue weighted by molar-refractivity contribution is -0.124. The molecule has 0 saturated carbocycles. The molecule has 1 aromatic heterocycles. The van der Waals surface area contributed by atoms with E-state index in [4.69, 9.17) is 10.5 Å². The number of hydroxylamine groups is 1. The number of carbonyl (C=O) groups is 3. The van der Waals surface area contributed by atoms with E-state index in [2.05, 4.69) is 15.3 Å². The Morgan fingerprint density at radius 1 is 1.33 bits per heavy atom. The van der Waals surface area contributed by atoms with Gasteiger partial charge in [0.2, 0.25) is 5.91 Å². The van der Waals surface area contributed by atoms with E-state index in [0.717, 1.165) is 6.42 Å². The first-order valence-corrected chi connectivity index (χ1v) is 6.42. The summed E-state index contributed by atoms with van der Waals surface area (Å²) in [5, 5.41) is 0. The Kier molecular flexibility index (Phi) is 5.92. The van der Waals surface area contributed by atoms with Crippen molar-refractivity contribution in [3.05, 3.63) is 22.5 Å². The van der Waals surface area contributed by atoms with E-state index < -0.39 is 24.4 Å². The number of rotatable bonds is 7. The normalized spacial score (nSPS) is 10.2. The van der Waals surface area contributed by atoms with E-state index in [0.29, 0.717) is 23.2 Å². The van der Waals surface area contributed by atoms with Crippen molar-refractivity contribution < 1.29 is 24.0 Å². The van der Waals surface area contributed by atoms with Crippen molar-refractivity contribution in [1.82, 2.24) is 10.5 Å². The summed E-state index contributed by atoms with van der Waals surface area (Å²) in [6.45, 7) is 3.17. The van der Waals surface area contributed by atoms with Crippen molar-refractivity contribution in [3.8, 4) is 0 Å². The van der Waals surface area contributed by atoms with Crippen LogP contribution < -0.4 is 11.2 Å². The molecule has 8 nitrogen and oxygen atoms in total. The zero-order valence-corrected chi connectivity index (χ0v) is 12.2. The van der Waals surface area contributed by atoms with Gasteiger partial charge in [-0.3, -0.25) is 14.4 Å². The maximum Gasteiger partial charge on any atom is 0.339 e. The standard InChI is InChI=1S/C13H19N3O5/c1-4-5-8-10(13(19)20-3)7(2)15-11(8)12(18)16-21-6-9(14)17/h15H,4-6H2,1-3H3,(H2,14,17)(H,16,18). The Bertz CT molecular complexity index is 550. The molecule has 8 heteroatoms. The van der Waals surface area contributed by atoms with Gasteiger partial charge >= 0.3 is 5.97 Å². The number of aromatic nitrogens is 1. The molecule has 0 radical (unpaired) electrons. The molecule has 0 aromatic carbocycles. The second-order valence-electron chi connectivity index (χ2n) is 4.41. The number of esters is 1.